The number of rotatable bonds is 5. The fraction of sp³-hybridized carbons (Fsp3) is 0.750. The maximum Gasteiger partial charge on any atom is 0.392 e. The van der Waals surface area contributed by atoms with Gasteiger partial charge in [-0.05, 0) is 25.8 Å². The number of halogens is 3. The van der Waals surface area contributed by atoms with Gasteiger partial charge in [0.1, 0.15) is 0 Å². The van der Waals surface area contributed by atoms with Gasteiger partial charge < -0.3 is 5.73 Å². The third-order valence-electron chi connectivity index (χ3n) is 1.67. The van der Waals surface area contributed by atoms with Gasteiger partial charge in [0.25, 0.3) is 0 Å². The normalized spacial score (nSPS) is 14.3. The average Bonchev–Trinajstić information content (AvgIpc) is 1.95. The van der Waals surface area contributed by atoms with Crippen molar-refractivity contribution in [2.24, 2.45) is 11.7 Å². The molecule has 0 bridgehead atoms. The van der Waals surface area contributed by atoms with E-state index in [-0.39, 0.29) is 12.8 Å². The highest BCUT2D eigenvalue weighted by atomic mass is 19.4. The topological polar surface area (TPSA) is 26.0 Å². The summed E-state index contributed by atoms with van der Waals surface area (Å²) in [5.41, 5.74) is 5.12. The molecule has 0 aromatic heterocycles. The molecular formula is C8H14F3N. The molecule has 0 aliphatic rings. The Hall–Kier alpha value is -0.510. The fourth-order valence-electron chi connectivity index (χ4n) is 0.981. The minimum Gasteiger partial charge on any atom is -0.330 e. The fourth-order valence-corrected chi connectivity index (χ4v) is 0.981. The second-order valence-corrected chi connectivity index (χ2v) is 2.69. The van der Waals surface area contributed by atoms with Crippen molar-refractivity contribution >= 4 is 0 Å². The molecule has 1 unspecified atom stereocenters. The average molecular weight is 181 g/mol. The molecule has 0 fully saturated rings. The van der Waals surface area contributed by atoms with Crippen molar-refractivity contribution in [2.45, 2.75) is 25.4 Å². The largest absolute Gasteiger partial charge is 0.392 e. The maximum atomic E-state index is 12.1. The Labute approximate surface area is 70.4 Å². The summed E-state index contributed by atoms with van der Waals surface area (Å²) in [7, 11) is 0. The first-order chi connectivity index (χ1) is 5.52. The first-order valence-electron chi connectivity index (χ1n) is 3.90. The van der Waals surface area contributed by atoms with E-state index in [1.807, 2.05) is 0 Å². The third-order valence-corrected chi connectivity index (χ3v) is 1.67. The lowest BCUT2D eigenvalue weighted by Crippen LogP contribution is -2.23. The highest BCUT2D eigenvalue weighted by Crippen LogP contribution is 2.32. The van der Waals surface area contributed by atoms with Crippen LogP contribution in [0.3, 0.4) is 0 Å². The number of hydrogen-bond donors (Lipinski definition) is 1. The quantitative estimate of drug-likeness (QED) is 0.648. The molecule has 4 heteroatoms. The minimum atomic E-state index is -4.11. The van der Waals surface area contributed by atoms with Gasteiger partial charge in [0.05, 0.1) is 5.92 Å². The molecule has 72 valence electrons. The van der Waals surface area contributed by atoms with Crippen molar-refractivity contribution < 1.29 is 13.2 Å². The van der Waals surface area contributed by atoms with Crippen LogP contribution in [-0.2, 0) is 0 Å². The van der Waals surface area contributed by atoms with Gasteiger partial charge in [0, 0.05) is 0 Å². The molecule has 0 aliphatic carbocycles. The first-order valence-corrected chi connectivity index (χ1v) is 3.90. The highest BCUT2D eigenvalue weighted by molar-refractivity contribution is 4.77. The van der Waals surface area contributed by atoms with E-state index in [0.29, 0.717) is 13.0 Å². The van der Waals surface area contributed by atoms with E-state index in [0.717, 1.165) is 0 Å². The molecule has 0 amide bonds. The SMILES string of the molecule is C=CCC(CCCN)C(F)(F)F. The van der Waals surface area contributed by atoms with Crippen molar-refractivity contribution in [2.75, 3.05) is 6.54 Å². The van der Waals surface area contributed by atoms with Crippen molar-refractivity contribution in [1.29, 1.82) is 0 Å². The van der Waals surface area contributed by atoms with E-state index >= 15 is 0 Å². The van der Waals surface area contributed by atoms with Gasteiger partial charge in [-0.15, -0.1) is 6.58 Å². The van der Waals surface area contributed by atoms with E-state index in [1.165, 1.54) is 6.08 Å². The van der Waals surface area contributed by atoms with Gasteiger partial charge in [-0.3, -0.25) is 0 Å². The second-order valence-electron chi connectivity index (χ2n) is 2.69. The Morgan fingerprint density at radius 3 is 2.33 bits per heavy atom. The Bertz CT molecular complexity index is 131. The zero-order valence-electron chi connectivity index (χ0n) is 6.90. The molecule has 0 aromatic carbocycles. The molecular weight excluding hydrogens is 167 g/mol. The molecule has 0 heterocycles. The van der Waals surface area contributed by atoms with E-state index in [4.69, 9.17) is 5.73 Å². The Morgan fingerprint density at radius 1 is 1.42 bits per heavy atom. The predicted octanol–water partition coefficient (Wildman–Crippen LogP) is 2.48. The second kappa shape index (κ2) is 5.19. The Balaban J connectivity index is 3.94. The van der Waals surface area contributed by atoms with E-state index < -0.39 is 12.1 Å². The van der Waals surface area contributed by atoms with Crippen molar-refractivity contribution in [3.8, 4) is 0 Å². The molecule has 0 aliphatic heterocycles. The zero-order chi connectivity index (χ0) is 9.61. The minimum absolute atomic E-state index is 0.0104. The predicted molar refractivity (Wildman–Crippen MR) is 42.6 cm³/mol. The maximum absolute atomic E-state index is 12.1. The highest BCUT2D eigenvalue weighted by Gasteiger charge is 2.37. The monoisotopic (exact) mass is 181 g/mol. The van der Waals surface area contributed by atoms with Crippen LogP contribution in [0.25, 0.3) is 0 Å². The lowest BCUT2D eigenvalue weighted by molar-refractivity contribution is -0.175. The van der Waals surface area contributed by atoms with E-state index in [9.17, 15) is 13.2 Å². The van der Waals surface area contributed by atoms with Crippen LogP contribution in [0.4, 0.5) is 13.2 Å². The van der Waals surface area contributed by atoms with Gasteiger partial charge >= 0.3 is 6.18 Å². The van der Waals surface area contributed by atoms with Crippen LogP contribution in [0.15, 0.2) is 12.7 Å². The van der Waals surface area contributed by atoms with Crippen LogP contribution >= 0.6 is 0 Å². The summed E-state index contributed by atoms with van der Waals surface area (Å²) in [4.78, 5) is 0. The van der Waals surface area contributed by atoms with Crippen molar-refractivity contribution in [3.05, 3.63) is 12.7 Å². The Kier molecular flexibility index (Phi) is 4.97. The first kappa shape index (κ1) is 11.5. The molecule has 1 atom stereocenters. The number of hydrogen-bond acceptors (Lipinski definition) is 1. The van der Waals surface area contributed by atoms with Gasteiger partial charge in [0.2, 0.25) is 0 Å². The summed E-state index contributed by atoms with van der Waals surface area (Å²) >= 11 is 0. The Morgan fingerprint density at radius 2 is 2.00 bits per heavy atom. The lowest BCUT2D eigenvalue weighted by atomic mass is 9.99. The molecule has 0 aromatic rings. The van der Waals surface area contributed by atoms with Crippen LogP contribution in [-0.4, -0.2) is 12.7 Å². The van der Waals surface area contributed by atoms with Crippen molar-refractivity contribution in [1.82, 2.24) is 0 Å². The molecule has 1 nitrogen and oxygen atoms in total. The number of alkyl halides is 3. The molecule has 0 spiro atoms. The smallest absolute Gasteiger partial charge is 0.330 e. The molecule has 0 rings (SSSR count). The number of allylic oxidation sites excluding steroid dienone is 1. The van der Waals surface area contributed by atoms with Crippen LogP contribution in [0.5, 0.6) is 0 Å². The molecule has 0 saturated carbocycles. The lowest BCUT2D eigenvalue weighted by Gasteiger charge is -2.17. The molecule has 0 saturated heterocycles. The summed E-state index contributed by atoms with van der Waals surface area (Å²) < 4.78 is 36.4. The molecule has 2 N–H and O–H groups in total. The summed E-state index contributed by atoms with van der Waals surface area (Å²) in [6, 6.07) is 0. The van der Waals surface area contributed by atoms with Gasteiger partial charge in [-0.2, -0.15) is 13.2 Å². The van der Waals surface area contributed by atoms with Crippen LogP contribution < -0.4 is 5.73 Å². The van der Waals surface area contributed by atoms with E-state index in [2.05, 4.69) is 6.58 Å². The zero-order valence-corrected chi connectivity index (χ0v) is 6.90. The van der Waals surface area contributed by atoms with Crippen LogP contribution in [0.2, 0.25) is 0 Å². The molecule has 0 radical (unpaired) electrons. The number of nitrogens with two attached hydrogens (primary N) is 1. The van der Waals surface area contributed by atoms with Gasteiger partial charge in [-0.25, -0.2) is 0 Å². The van der Waals surface area contributed by atoms with Gasteiger partial charge in [-0.1, -0.05) is 6.08 Å². The standard InChI is InChI=1S/C8H14F3N/c1-2-4-7(5-3-6-12)8(9,10)11/h2,7H,1,3-6,12H2. The molecule has 12 heavy (non-hydrogen) atoms. The summed E-state index contributed by atoms with van der Waals surface area (Å²) in [6.07, 6.45) is -2.30. The van der Waals surface area contributed by atoms with Gasteiger partial charge in [0.15, 0.2) is 0 Å². The summed E-state index contributed by atoms with van der Waals surface area (Å²) in [5.74, 6) is -1.27. The van der Waals surface area contributed by atoms with E-state index in [1.54, 1.807) is 0 Å². The van der Waals surface area contributed by atoms with Crippen LogP contribution in [0, 0.1) is 5.92 Å². The summed E-state index contributed by atoms with van der Waals surface area (Å²) in [6.45, 7) is 3.60. The van der Waals surface area contributed by atoms with Crippen molar-refractivity contribution in [3.63, 3.8) is 0 Å². The summed E-state index contributed by atoms with van der Waals surface area (Å²) in [5, 5.41) is 0. The third kappa shape index (κ3) is 4.38. The van der Waals surface area contributed by atoms with Crippen LogP contribution in [0.1, 0.15) is 19.3 Å².